The zero-order valence-corrected chi connectivity index (χ0v) is 20.0. The minimum absolute atomic E-state index is 0.382. The molecule has 0 unspecified atom stereocenters. The molecular weight excluding hydrogens is 466 g/mol. The summed E-state index contributed by atoms with van der Waals surface area (Å²) in [6.45, 7) is 0.344. The molecule has 10 heteroatoms. The van der Waals surface area contributed by atoms with Crippen LogP contribution < -0.4 is 20.1 Å². The molecule has 3 aromatic carbocycles. The minimum Gasteiger partial charge on any atom is -0.497 e. The average molecular weight is 492 g/mol. The number of rotatable bonds is 8. The number of fused-ring (bicyclic) bond motifs is 1. The summed E-state index contributed by atoms with van der Waals surface area (Å²) in [4.78, 5) is 51.1. The van der Waals surface area contributed by atoms with Gasteiger partial charge in [-0.05, 0) is 29.3 Å². The highest BCUT2D eigenvalue weighted by Crippen LogP contribution is 2.31. The Hall–Kier alpha value is -4.60. The second-order valence-electron chi connectivity index (χ2n) is 8.32. The number of esters is 1. The van der Waals surface area contributed by atoms with E-state index in [-0.39, 0.29) is 0 Å². The van der Waals surface area contributed by atoms with Crippen molar-refractivity contribution in [3.63, 3.8) is 0 Å². The lowest BCUT2D eigenvalue weighted by molar-refractivity contribution is -0.150. The van der Waals surface area contributed by atoms with Crippen LogP contribution in [0.5, 0.6) is 11.5 Å². The Morgan fingerprint density at radius 3 is 2.28 bits per heavy atom. The monoisotopic (exact) mass is 491 g/mol. The van der Waals surface area contributed by atoms with Crippen LogP contribution in [-0.4, -0.2) is 56.1 Å². The van der Waals surface area contributed by atoms with Gasteiger partial charge in [0.05, 0.1) is 14.2 Å². The molecule has 4 amide bonds. The molecule has 0 bridgehead atoms. The van der Waals surface area contributed by atoms with Crippen LogP contribution in [-0.2, 0) is 24.7 Å². The van der Waals surface area contributed by atoms with E-state index in [1.807, 2.05) is 36.4 Å². The Morgan fingerprint density at radius 1 is 0.944 bits per heavy atom. The average Bonchev–Trinajstić information content (AvgIpc) is 3.10. The first-order chi connectivity index (χ1) is 17.2. The van der Waals surface area contributed by atoms with Gasteiger partial charge in [-0.2, -0.15) is 0 Å². The van der Waals surface area contributed by atoms with Gasteiger partial charge >= 0.3 is 12.0 Å². The van der Waals surface area contributed by atoms with Gasteiger partial charge in [-0.1, -0.05) is 36.4 Å². The fourth-order valence-electron chi connectivity index (χ4n) is 3.93. The van der Waals surface area contributed by atoms with E-state index in [1.165, 1.54) is 14.2 Å². The van der Waals surface area contributed by atoms with Gasteiger partial charge in [0, 0.05) is 23.9 Å². The summed E-state index contributed by atoms with van der Waals surface area (Å²) in [5.74, 6) is -1.17. The zero-order valence-electron chi connectivity index (χ0n) is 20.0. The summed E-state index contributed by atoms with van der Waals surface area (Å²) in [7, 11) is 2.95. The van der Waals surface area contributed by atoms with E-state index in [0.29, 0.717) is 22.7 Å². The summed E-state index contributed by atoms with van der Waals surface area (Å²) < 4.78 is 15.3. The van der Waals surface area contributed by atoms with E-state index in [1.54, 1.807) is 31.2 Å². The van der Waals surface area contributed by atoms with E-state index >= 15 is 0 Å². The Balaban J connectivity index is 1.37. The van der Waals surface area contributed by atoms with Crippen molar-refractivity contribution in [2.75, 3.05) is 32.7 Å². The van der Waals surface area contributed by atoms with Crippen molar-refractivity contribution < 1.29 is 33.4 Å². The lowest BCUT2D eigenvalue weighted by atomic mass is 9.90. The largest absolute Gasteiger partial charge is 0.497 e. The maximum atomic E-state index is 13.1. The number of carbonyl (C=O) groups is 4. The maximum Gasteiger partial charge on any atom is 0.326 e. The van der Waals surface area contributed by atoms with Crippen molar-refractivity contribution in [1.29, 1.82) is 0 Å². The molecule has 1 aliphatic heterocycles. The number of nitrogens with one attached hydrogen (secondary N) is 2. The molecule has 1 atom stereocenters. The van der Waals surface area contributed by atoms with Crippen LogP contribution in [0, 0.1) is 0 Å². The molecule has 10 nitrogen and oxygen atoms in total. The first-order valence-corrected chi connectivity index (χ1v) is 11.1. The molecule has 1 aliphatic rings. The van der Waals surface area contributed by atoms with Crippen molar-refractivity contribution in [2.45, 2.75) is 12.5 Å². The topological polar surface area (TPSA) is 123 Å². The number of amides is 4. The van der Waals surface area contributed by atoms with Gasteiger partial charge in [0.15, 0.2) is 6.61 Å². The molecular formula is C26H25N3O7. The Labute approximate surface area is 207 Å². The molecule has 0 radical (unpaired) electrons. The van der Waals surface area contributed by atoms with Crippen LogP contribution in [0.25, 0.3) is 10.8 Å². The minimum atomic E-state index is -1.34. The van der Waals surface area contributed by atoms with Gasteiger partial charge in [0.2, 0.25) is 0 Å². The third kappa shape index (κ3) is 4.92. The maximum absolute atomic E-state index is 13.1. The van der Waals surface area contributed by atoms with Gasteiger partial charge in [0.25, 0.3) is 11.8 Å². The van der Waals surface area contributed by atoms with Crippen molar-refractivity contribution >= 4 is 40.3 Å². The van der Waals surface area contributed by atoms with Gasteiger partial charge in [-0.3, -0.25) is 19.3 Å². The number of methoxy groups -OCH3 is 2. The third-order valence-corrected chi connectivity index (χ3v) is 5.89. The van der Waals surface area contributed by atoms with Crippen LogP contribution in [0.15, 0.2) is 60.7 Å². The predicted molar refractivity (Wildman–Crippen MR) is 131 cm³/mol. The van der Waals surface area contributed by atoms with Crippen molar-refractivity contribution in [3.8, 4) is 11.5 Å². The number of carbonyl (C=O) groups excluding carboxylic acids is 4. The zero-order chi connectivity index (χ0) is 25.9. The summed E-state index contributed by atoms with van der Waals surface area (Å²) in [6.07, 6.45) is 0. The fraction of sp³-hybridized carbons (Fsp3) is 0.231. The summed E-state index contributed by atoms with van der Waals surface area (Å²) >= 11 is 0. The molecule has 4 rings (SSSR count). The van der Waals surface area contributed by atoms with Crippen molar-refractivity contribution in [1.82, 2.24) is 10.2 Å². The third-order valence-electron chi connectivity index (χ3n) is 5.89. The summed E-state index contributed by atoms with van der Waals surface area (Å²) in [5.41, 5.74) is -0.375. The molecule has 0 saturated carbocycles. The van der Waals surface area contributed by atoms with E-state index < -0.39 is 42.5 Å². The number of benzene rings is 3. The first kappa shape index (κ1) is 24.5. The second kappa shape index (κ2) is 9.95. The quantitative estimate of drug-likeness (QED) is 0.367. The number of urea groups is 1. The molecule has 3 aromatic rings. The normalized spacial score (nSPS) is 17.0. The molecule has 1 heterocycles. The molecule has 1 fully saturated rings. The molecule has 0 aliphatic carbocycles. The number of nitrogens with zero attached hydrogens (tertiary/aromatic N) is 1. The highest BCUT2D eigenvalue weighted by molar-refractivity contribution is 6.09. The van der Waals surface area contributed by atoms with Gasteiger partial charge < -0.3 is 24.8 Å². The lowest BCUT2D eigenvalue weighted by Crippen LogP contribution is -2.41. The number of imide groups is 1. The Kier molecular flexibility index (Phi) is 6.77. The Bertz CT molecular complexity index is 1330. The van der Waals surface area contributed by atoms with Gasteiger partial charge in [-0.25, -0.2) is 4.79 Å². The highest BCUT2D eigenvalue weighted by Gasteiger charge is 2.49. The molecule has 0 aromatic heterocycles. The van der Waals surface area contributed by atoms with Crippen LogP contribution in [0.4, 0.5) is 10.5 Å². The first-order valence-electron chi connectivity index (χ1n) is 11.1. The number of hydrogen-bond donors (Lipinski definition) is 2. The van der Waals surface area contributed by atoms with Crippen LogP contribution in [0.3, 0.4) is 0 Å². The van der Waals surface area contributed by atoms with Crippen molar-refractivity contribution in [3.05, 3.63) is 66.2 Å². The van der Waals surface area contributed by atoms with Gasteiger partial charge in [0.1, 0.15) is 23.6 Å². The number of ether oxygens (including phenoxy) is 3. The fourth-order valence-corrected chi connectivity index (χ4v) is 3.93. The lowest BCUT2D eigenvalue weighted by Gasteiger charge is -2.22. The SMILES string of the molecule is COc1cc(NC(=O)COC(=O)CN2C(=O)N[C@](C)(c3ccc4ccccc4c3)C2=O)cc(OC)c1. The standard InChI is InChI=1S/C26H25N3O7/c1-26(18-9-8-16-6-4-5-7-17(16)10-18)24(32)29(25(33)28-26)14-23(31)36-15-22(30)27-19-11-20(34-2)13-21(12-19)35-3/h4-13H,14-15H2,1-3H3,(H,27,30)(H,28,33)/t26-/m1/s1. The molecule has 1 saturated heterocycles. The van der Waals surface area contributed by atoms with E-state index in [2.05, 4.69) is 10.6 Å². The van der Waals surface area contributed by atoms with Crippen LogP contribution in [0.2, 0.25) is 0 Å². The smallest absolute Gasteiger partial charge is 0.326 e. The molecule has 36 heavy (non-hydrogen) atoms. The molecule has 186 valence electrons. The predicted octanol–water partition coefficient (Wildman–Crippen LogP) is 2.81. The van der Waals surface area contributed by atoms with E-state index in [0.717, 1.165) is 15.7 Å². The number of hydrogen-bond acceptors (Lipinski definition) is 7. The molecule has 2 N–H and O–H groups in total. The van der Waals surface area contributed by atoms with Crippen molar-refractivity contribution in [2.24, 2.45) is 0 Å². The van der Waals surface area contributed by atoms with E-state index in [4.69, 9.17) is 14.2 Å². The Morgan fingerprint density at radius 2 is 1.61 bits per heavy atom. The second-order valence-corrected chi connectivity index (χ2v) is 8.32. The number of anilines is 1. The summed E-state index contributed by atoms with van der Waals surface area (Å²) in [5, 5.41) is 7.14. The van der Waals surface area contributed by atoms with Crippen LogP contribution >= 0.6 is 0 Å². The van der Waals surface area contributed by atoms with Crippen LogP contribution in [0.1, 0.15) is 12.5 Å². The molecule has 0 spiro atoms. The van der Waals surface area contributed by atoms with Gasteiger partial charge in [-0.15, -0.1) is 0 Å². The van der Waals surface area contributed by atoms with E-state index in [9.17, 15) is 19.2 Å². The highest BCUT2D eigenvalue weighted by atomic mass is 16.5. The summed E-state index contributed by atoms with van der Waals surface area (Å²) in [6, 6.07) is 17.2.